The van der Waals surface area contributed by atoms with Crippen LogP contribution in [0.5, 0.6) is 0 Å². The maximum absolute atomic E-state index is 13.6. The second kappa shape index (κ2) is 32.8. The Kier molecular flexibility index (Phi) is 24.8. The summed E-state index contributed by atoms with van der Waals surface area (Å²) in [5, 5.41) is 41.1. The molecule has 0 saturated carbocycles. The van der Waals surface area contributed by atoms with Crippen LogP contribution in [0.15, 0.2) is 156 Å². The van der Waals surface area contributed by atoms with Crippen LogP contribution >= 0.6 is 59.4 Å². The molecule has 0 aliphatic carbocycles. The summed E-state index contributed by atoms with van der Waals surface area (Å²) in [7, 11) is -11.6. The summed E-state index contributed by atoms with van der Waals surface area (Å²) in [4.78, 5) is 69.8. The Bertz CT molecular complexity index is 5030. The molecule has 0 unspecified atom stereocenters. The van der Waals surface area contributed by atoms with Gasteiger partial charge in [0.25, 0.3) is 0 Å². The molecule has 2 amide bonds. The Morgan fingerprint density at radius 1 is 0.450 bits per heavy atom. The third kappa shape index (κ3) is 17.6. The van der Waals surface area contributed by atoms with Crippen molar-refractivity contribution >= 4 is 197 Å². The number of carboxylic acid groups (broad SMARTS) is 3. The molecule has 0 radical (unpaired) electrons. The molecule has 36 heteroatoms. The molecule has 6 aromatic carbocycles. The van der Waals surface area contributed by atoms with Crippen molar-refractivity contribution in [3.63, 3.8) is 0 Å². The van der Waals surface area contributed by atoms with Gasteiger partial charge >= 0.3 is 17.9 Å². The van der Waals surface area contributed by atoms with Gasteiger partial charge in [0.1, 0.15) is 31.4 Å². The number of nitrogen functional groups attached to an aromatic ring is 2. The molecule has 3 aliphatic rings. The maximum atomic E-state index is 13.6. The number of pyridine rings is 3. The number of hydrogen-bond donors (Lipinski definition) is 9. The van der Waals surface area contributed by atoms with Crippen molar-refractivity contribution in [2.24, 2.45) is 0 Å². The van der Waals surface area contributed by atoms with Gasteiger partial charge in [-0.2, -0.15) is 12.9 Å². The van der Waals surface area contributed by atoms with E-state index in [-0.39, 0.29) is 127 Å². The Morgan fingerprint density at radius 3 is 1.12 bits per heavy atom. The highest BCUT2D eigenvalue weighted by molar-refractivity contribution is 9.11. The van der Waals surface area contributed by atoms with Gasteiger partial charge in [-0.3, -0.25) is 24.5 Å². The van der Waals surface area contributed by atoms with Crippen molar-refractivity contribution < 1.29 is 78.8 Å². The number of nitrogens with zero attached hydrogens (tertiary/aromatic N) is 6. The first-order valence-electron chi connectivity index (χ1n) is 29.8. The summed E-state index contributed by atoms with van der Waals surface area (Å²) in [6, 6.07) is 29.5. The van der Waals surface area contributed by atoms with E-state index in [0.717, 1.165) is 8.95 Å². The lowest BCUT2D eigenvalue weighted by Gasteiger charge is -2.27. The number of carboxylic acids is 3. The monoisotopic (exact) mass is 1640 g/mol. The molecule has 11 N–H and O–H groups in total. The van der Waals surface area contributed by atoms with Crippen molar-refractivity contribution in [1.82, 2.24) is 27.9 Å². The van der Waals surface area contributed by atoms with Gasteiger partial charge in [0.05, 0.1) is 95.3 Å². The summed E-state index contributed by atoms with van der Waals surface area (Å²) in [6.07, 6.45) is 3.88. The van der Waals surface area contributed by atoms with E-state index >= 15 is 0 Å². The average molecular weight is 1640 g/mol. The third-order valence-corrected chi connectivity index (χ3v) is 22.9. The number of rotatable bonds is 15. The van der Waals surface area contributed by atoms with Gasteiger partial charge in [-0.05, 0) is 91.0 Å². The molecule has 6 heterocycles. The predicted octanol–water partition coefficient (Wildman–Crippen LogP) is 10.1. The smallest absolute Gasteiger partial charge is 0.339 e. The number of halogens is 4. The number of carbonyl (C=O) groups is 5. The van der Waals surface area contributed by atoms with Crippen molar-refractivity contribution in [3.8, 4) is 0 Å². The quantitative estimate of drug-likeness (QED) is 0.0431. The highest BCUT2D eigenvalue weighted by Gasteiger charge is 2.34. The lowest BCUT2D eigenvalue weighted by molar-refractivity contribution is -0.115. The molecule has 12 rings (SSSR count). The Balaban J connectivity index is 0.000000163. The second-order valence-electron chi connectivity index (χ2n) is 21.8. The number of sulfonamides is 3. The van der Waals surface area contributed by atoms with Crippen LogP contribution in [-0.2, 0) is 53.9 Å². The lowest BCUT2D eigenvalue weighted by Crippen LogP contribution is -2.40. The number of carbonyl (C=O) groups excluding carboxylic acids is 2. The summed E-state index contributed by atoms with van der Waals surface area (Å²) in [5.41, 5.74) is 13.8. The zero-order valence-electron chi connectivity index (χ0n) is 52.7. The number of fused-ring (bicyclic) bond motifs is 3. The van der Waals surface area contributed by atoms with Gasteiger partial charge in [-0.1, -0.05) is 77.6 Å². The Labute approximate surface area is 602 Å². The molecule has 3 aliphatic heterocycles. The van der Waals surface area contributed by atoms with Gasteiger partial charge in [-0.15, -0.1) is 0 Å². The molecule has 0 atom stereocenters. The van der Waals surface area contributed by atoms with Crippen LogP contribution in [0.25, 0.3) is 32.7 Å². The van der Waals surface area contributed by atoms with Gasteiger partial charge in [-0.25, -0.2) is 39.6 Å². The average Bonchev–Trinajstić information content (AvgIpc) is 0.769. The number of hydrogen-bond acceptors (Lipinski definition) is 21. The number of aromatic carboxylic acids is 3. The molecule has 3 fully saturated rings. The van der Waals surface area contributed by atoms with Crippen LogP contribution in [0.4, 0.5) is 45.5 Å². The zero-order chi connectivity index (χ0) is 72.4. The third-order valence-electron chi connectivity index (χ3n) is 15.1. The lowest BCUT2D eigenvalue weighted by atomic mass is 10.1. The van der Waals surface area contributed by atoms with E-state index in [1.165, 1.54) is 81.8 Å². The number of nitrogens with one attached hydrogen (secondary N) is 4. The molecule has 3 saturated heterocycles. The number of anilines is 8. The predicted molar refractivity (Wildman–Crippen MR) is 386 cm³/mol. The highest BCUT2D eigenvalue weighted by Crippen LogP contribution is 2.40. The SMILES string of the molecule is CC(=O)Nc1cccc(N)c1C(=O)O.CC(=O)Nc1cccc(Nc2c(S(=O)(=O)N3CCOCC3)cnc3ccc(Br)cc23)c1C(=O)O.Nc1cccc(Nc2c(S(=O)(=O)N3CCOCC3)cnc3ccc(Br)cc23)c1C(=O)O.O=S(=O)(c1cnc2ccc(Br)cc2c1Cl)N1CCOCC1. The molecule has 526 valence electrons. The van der Waals surface area contributed by atoms with E-state index in [4.69, 9.17) is 42.4 Å². The first-order valence-corrected chi connectivity index (χ1v) is 36.9. The number of benzene rings is 6. The molecule has 0 spiro atoms. The van der Waals surface area contributed by atoms with Crippen LogP contribution in [0.3, 0.4) is 0 Å². The fourth-order valence-electron chi connectivity index (χ4n) is 10.5. The van der Waals surface area contributed by atoms with E-state index < -0.39 is 53.9 Å². The minimum absolute atomic E-state index is 0.0386. The Morgan fingerprint density at radius 2 is 0.750 bits per heavy atom. The first-order chi connectivity index (χ1) is 47.5. The van der Waals surface area contributed by atoms with Crippen LogP contribution in [0.1, 0.15) is 44.9 Å². The number of aromatic nitrogens is 3. The van der Waals surface area contributed by atoms with Gasteiger partial charge < -0.3 is 62.3 Å². The maximum Gasteiger partial charge on any atom is 0.339 e. The van der Waals surface area contributed by atoms with E-state index in [1.807, 2.05) is 6.07 Å². The normalized spacial score (nSPS) is 14.6. The van der Waals surface area contributed by atoms with E-state index in [2.05, 4.69) is 84.0 Å². The first kappa shape index (κ1) is 75.6. The van der Waals surface area contributed by atoms with E-state index in [0.29, 0.717) is 76.7 Å². The van der Waals surface area contributed by atoms with Crippen LogP contribution < -0.4 is 32.7 Å². The van der Waals surface area contributed by atoms with Crippen LogP contribution in [-0.4, -0.2) is 177 Å². The Hall–Kier alpha value is -8.56. The zero-order valence-corrected chi connectivity index (χ0v) is 60.7. The van der Waals surface area contributed by atoms with Crippen molar-refractivity contribution in [2.45, 2.75) is 28.5 Å². The topological polar surface area (TPSA) is 425 Å². The van der Waals surface area contributed by atoms with Crippen LogP contribution in [0, 0.1) is 0 Å². The molecular formula is C64H62Br3ClN12O17S3. The van der Waals surface area contributed by atoms with Gasteiger partial charge in [0, 0.05) is 113 Å². The molecule has 3 aromatic heterocycles. The number of amides is 2. The summed E-state index contributed by atoms with van der Waals surface area (Å²) in [6.45, 7) is 5.98. The van der Waals surface area contributed by atoms with E-state index in [9.17, 15) is 59.4 Å². The number of nitrogens with two attached hydrogens (primary N) is 2. The van der Waals surface area contributed by atoms with Crippen molar-refractivity contribution in [1.29, 1.82) is 0 Å². The van der Waals surface area contributed by atoms with Crippen molar-refractivity contribution in [2.75, 3.05) is 112 Å². The standard InChI is InChI=1S/C22H21BrN4O6S.C20H19BrN4O5S.C13H12BrClN2O3S.C9H10N2O3/c1-13(28)25-17-3-2-4-18(20(17)22(29)30)26-21-15-11-14(23)5-6-16(15)24-12-19(21)34(31,32)27-7-9-33-10-8-27;21-12-4-5-15-13(10-12)19(24-16-3-1-2-14(22)18(16)20(26)27)17(11-23-15)31(28,29)25-6-8-30-9-7-25;14-9-1-2-11-10(7-9)13(15)12(8-16-11)21(18,19)17-3-5-20-6-4-17;1-5(12)11-7-4-2-3-6(10)8(7)9(13)14/h2-6,11-12H,7-10H2,1H3,(H,24,26)(H,25,28)(H,29,30);1-5,10-11H,6-9,22H2,(H,23,24)(H,26,27);1-2,7-8H,3-6H2;2-4H,10H2,1H3,(H,11,12)(H,13,14). The summed E-state index contributed by atoms with van der Waals surface area (Å²) >= 11 is 16.5. The van der Waals surface area contributed by atoms with Crippen molar-refractivity contribution in [3.05, 3.63) is 163 Å². The summed E-state index contributed by atoms with van der Waals surface area (Å²) < 4.78 is 101. The molecule has 29 nitrogen and oxygen atoms in total. The minimum atomic E-state index is -3.98. The largest absolute Gasteiger partial charge is 0.478 e. The summed E-state index contributed by atoms with van der Waals surface area (Å²) in [5.74, 6) is -4.44. The number of morpholine rings is 3. The fraction of sp³-hybridized carbons (Fsp3) is 0.219. The molecular weight excluding hydrogens is 1580 g/mol. The van der Waals surface area contributed by atoms with Gasteiger partial charge in [0.2, 0.25) is 41.9 Å². The molecule has 9 aromatic rings. The molecule has 100 heavy (non-hydrogen) atoms. The minimum Gasteiger partial charge on any atom is -0.478 e. The van der Waals surface area contributed by atoms with E-state index in [1.54, 1.807) is 66.7 Å². The molecule has 0 bridgehead atoms. The fourth-order valence-corrected chi connectivity index (χ4v) is 16.5. The van der Waals surface area contributed by atoms with Crippen LogP contribution in [0.2, 0.25) is 5.02 Å². The number of ether oxygens (including phenoxy) is 3. The van der Waals surface area contributed by atoms with Gasteiger partial charge in [0.15, 0.2) is 0 Å². The highest BCUT2D eigenvalue weighted by atomic mass is 79.9. The second-order valence-corrected chi connectivity index (χ2v) is 30.6.